The number of hydrogen-bond acceptors (Lipinski definition) is 5. The Morgan fingerprint density at radius 2 is 1.86 bits per heavy atom. The number of amides is 2. The summed E-state index contributed by atoms with van der Waals surface area (Å²) in [7, 11) is 0. The van der Waals surface area contributed by atoms with Gasteiger partial charge < -0.3 is 11.1 Å². The van der Waals surface area contributed by atoms with Crippen molar-refractivity contribution < 1.29 is 9.59 Å². The van der Waals surface area contributed by atoms with Crippen molar-refractivity contribution in [2.45, 2.75) is 6.54 Å². The van der Waals surface area contributed by atoms with E-state index in [0.29, 0.717) is 21.2 Å². The number of hydrogen-bond donors (Lipinski definition) is 3. The molecule has 1 heterocycles. The molecule has 2 amide bonds. The summed E-state index contributed by atoms with van der Waals surface area (Å²) in [5, 5.41) is 9.18. The van der Waals surface area contributed by atoms with Gasteiger partial charge in [-0.25, -0.2) is 5.43 Å². The zero-order chi connectivity index (χ0) is 19.9. The zero-order valence-corrected chi connectivity index (χ0v) is 16.3. The molecule has 0 unspecified atom stereocenters. The van der Waals surface area contributed by atoms with Crippen molar-refractivity contribution in [3.8, 4) is 0 Å². The normalized spacial score (nSPS) is 10.8. The van der Waals surface area contributed by atoms with Gasteiger partial charge in [0.25, 0.3) is 11.8 Å². The van der Waals surface area contributed by atoms with Crippen molar-refractivity contribution in [3.05, 3.63) is 86.6 Å². The summed E-state index contributed by atoms with van der Waals surface area (Å²) in [6.45, 7) is 0.176. The third-order valence-electron chi connectivity index (χ3n) is 3.85. The van der Waals surface area contributed by atoms with Crippen molar-refractivity contribution in [2.24, 2.45) is 10.8 Å². The van der Waals surface area contributed by atoms with Crippen molar-refractivity contribution in [3.63, 3.8) is 0 Å². The highest BCUT2D eigenvalue weighted by atomic mass is 35.5. The molecule has 3 rings (SSSR count). The van der Waals surface area contributed by atoms with Crippen LogP contribution >= 0.6 is 22.9 Å². The molecule has 2 aromatic carbocycles. The molecule has 0 atom stereocenters. The van der Waals surface area contributed by atoms with Crippen LogP contribution in [0.5, 0.6) is 0 Å². The number of para-hydroxylation sites is 1. The Morgan fingerprint density at radius 1 is 1.07 bits per heavy atom. The minimum atomic E-state index is -0.456. The van der Waals surface area contributed by atoms with Crippen LogP contribution < -0.4 is 16.5 Å². The number of halogens is 1. The summed E-state index contributed by atoms with van der Waals surface area (Å²) < 4.78 is 0. The Labute approximate surface area is 171 Å². The zero-order valence-electron chi connectivity index (χ0n) is 14.7. The fourth-order valence-corrected chi connectivity index (χ4v) is 3.21. The first kappa shape index (κ1) is 19.8. The molecule has 8 heteroatoms. The van der Waals surface area contributed by atoms with Crippen LogP contribution in [0, 0.1) is 0 Å². The average Bonchev–Trinajstić information content (AvgIpc) is 3.24. The Bertz CT molecular complexity index is 1000. The van der Waals surface area contributed by atoms with Crippen molar-refractivity contribution in [2.75, 3.05) is 5.32 Å². The molecule has 28 heavy (non-hydrogen) atoms. The number of carbonyl (C=O) groups excluding carboxylic acids is 2. The van der Waals surface area contributed by atoms with E-state index in [0.717, 1.165) is 5.56 Å². The molecule has 0 fully saturated rings. The molecule has 0 bridgehead atoms. The Kier molecular flexibility index (Phi) is 6.54. The van der Waals surface area contributed by atoms with Gasteiger partial charge in [0.2, 0.25) is 0 Å². The molecule has 4 N–H and O–H groups in total. The maximum absolute atomic E-state index is 12.6. The summed E-state index contributed by atoms with van der Waals surface area (Å²) in [6.07, 6.45) is 1.50. The van der Waals surface area contributed by atoms with E-state index in [-0.39, 0.29) is 18.0 Å². The van der Waals surface area contributed by atoms with E-state index < -0.39 is 5.91 Å². The smallest absolute Gasteiger partial charge is 0.273 e. The lowest BCUT2D eigenvalue weighted by Gasteiger charge is -2.13. The Hall–Kier alpha value is -3.00. The largest absolute Gasteiger partial charge is 0.326 e. The third-order valence-corrected chi connectivity index (χ3v) is 4.97. The van der Waals surface area contributed by atoms with Crippen LogP contribution in [0.25, 0.3) is 0 Å². The van der Waals surface area contributed by atoms with Gasteiger partial charge in [-0.3, -0.25) is 9.59 Å². The highest BCUT2D eigenvalue weighted by molar-refractivity contribution is 7.12. The summed E-state index contributed by atoms with van der Waals surface area (Å²) >= 11 is 7.16. The van der Waals surface area contributed by atoms with Crippen LogP contribution in [0.3, 0.4) is 0 Å². The molecule has 0 spiro atoms. The first-order valence-electron chi connectivity index (χ1n) is 8.34. The first-order chi connectivity index (χ1) is 13.6. The van der Waals surface area contributed by atoms with E-state index >= 15 is 0 Å². The van der Waals surface area contributed by atoms with Gasteiger partial charge in [-0.2, -0.15) is 5.10 Å². The second-order valence-electron chi connectivity index (χ2n) is 5.73. The van der Waals surface area contributed by atoms with Crippen LogP contribution in [-0.2, 0) is 6.54 Å². The molecular weight excluding hydrogens is 396 g/mol. The van der Waals surface area contributed by atoms with Gasteiger partial charge >= 0.3 is 0 Å². The lowest BCUT2D eigenvalue weighted by molar-refractivity contribution is 0.0956. The number of nitrogens with zero attached hydrogens (tertiary/aromatic N) is 1. The van der Waals surface area contributed by atoms with Crippen LogP contribution in [0.15, 0.2) is 65.1 Å². The van der Waals surface area contributed by atoms with Gasteiger partial charge in [-0.1, -0.05) is 41.9 Å². The van der Waals surface area contributed by atoms with Gasteiger partial charge in [0.05, 0.1) is 22.3 Å². The quantitative estimate of drug-likeness (QED) is 0.423. The van der Waals surface area contributed by atoms with Crippen LogP contribution in [0.2, 0.25) is 5.02 Å². The SMILES string of the molecule is NCc1cccc(C(=O)N/N=C/c2ccc(Cl)cc2)c1NC(=O)c1cccs1. The van der Waals surface area contributed by atoms with E-state index in [4.69, 9.17) is 17.3 Å². The predicted octanol–water partition coefficient (Wildman–Crippen LogP) is 3.88. The number of benzene rings is 2. The van der Waals surface area contributed by atoms with Gasteiger partial charge in [-0.05, 0) is 40.8 Å². The van der Waals surface area contributed by atoms with Crippen molar-refractivity contribution in [1.82, 2.24) is 5.43 Å². The number of thiophene rings is 1. The number of carbonyl (C=O) groups is 2. The molecule has 3 aromatic rings. The molecule has 0 aliphatic rings. The lowest BCUT2D eigenvalue weighted by atomic mass is 10.1. The van der Waals surface area contributed by atoms with Crippen LogP contribution in [-0.4, -0.2) is 18.0 Å². The fraction of sp³-hybridized carbons (Fsp3) is 0.0500. The van der Waals surface area contributed by atoms with Gasteiger partial charge in [0.15, 0.2) is 0 Å². The highest BCUT2D eigenvalue weighted by Crippen LogP contribution is 2.23. The molecular formula is C20H17ClN4O2S. The summed E-state index contributed by atoms with van der Waals surface area (Å²) in [5.74, 6) is -0.753. The van der Waals surface area contributed by atoms with Gasteiger partial charge in [0, 0.05) is 11.6 Å². The predicted molar refractivity (Wildman–Crippen MR) is 113 cm³/mol. The number of anilines is 1. The highest BCUT2D eigenvalue weighted by Gasteiger charge is 2.17. The van der Waals surface area contributed by atoms with Crippen LogP contribution in [0.1, 0.15) is 31.2 Å². The summed E-state index contributed by atoms with van der Waals surface area (Å²) in [6, 6.07) is 15.6. The molecule has 142 valence electrons. The molecule has 0 aliphatic heterocycles. The second-order valence-corrected chi connectivity index (χ2v) is 7.11. The standard InChI is InChI=1S/C20H17ClN4O2S/c21-15-8-6-13(7-9-15)12-23-25-19(26)16-4-1-3-14(11-22)18(16)24-20(27)17-5-2-10-28-17/h1-10,12H,11,22H2,(H,24,27)(H,25,26)/b23-12+. The van der Waals surface area contributed by atoms with E-state index in [1.807, 2.05) is 5.38 Å². The molecule has 1 aromatic heterocycles. The lowest BCUT2D eigenvalue weighted by Crippen LogP contribution is -2.22. The van der Waals surface area contributed by atoms with Crippen LogP contribution in [0.4, 0.5) is 5.69 Å². The summed E-state index contributed by atoms with van der Waals surface area (Å²) in [5.41, 5.74) is 10.3. The molecule has 0 aliphatic carbocycles. The fourth-order valence-electron chi connectivity index (χ4n) is 2.46. The number of nitrogens with two attached hydrogens (primary N) is 1. The van der Waals surface area contributed by atoms with E-state index in [1.54, 1.807) is 54.6 Å². The minimum absolute atomic E-state index is 0.176. The Morgan fingerprint density at radius 3 is 2.54 bits per heavy atom. The van der Waals surface area contributed by atoms with Crippen molar-refractivity contribution in [1.29, 1.82) is 0 Å². The second kappa shape index (κ2) is 9.27. The maximum Gasteiger partial charge on any atom is 0.273 e. The molecule has 6 nitrogen and oxygen atoms in total. The molecule has 0 radical (unpaired) electrons. The first-order valence-corrected chi connectivity index (χ1v) is 9.60. The number of hydrazone groups is 1. The van der Waals surface area contributed by atoms with Gasteiger partial charge in [-0.15, -0.1) is 11.3 Å². The number of nitrogens with one attached hydrogen (secondary N) is 2. The number of rotatable bonds is 6. The molecule has 0 saturated carbocycles. The molecule has 0 saturated heterocycles. The van der Waals surface area contributed by atoms with Gasteiger partial charge in [0.1, 0.15) is 0 Å². The monoisotopic (exact) mass is 412 g/mol. The topological polar surface area (TPSA) is 96.6 Å². The van der Waals surface area contributed by atoms with E-state index in [2.05, 4.69) is 15.8 Å². The minimum Gasteiger partial charge on any atom is -0.326 e. The maximum atomic E-state index is 12.6. The van der Waals surface area contributed by atoms with Crippen molar-refractivity contribution >= 4 is 46.7 Å². The van der Waals surface area contributed by atoms with E-state index in [9.17, 15) is 9.59 Å². The summed E-state index contributed by atoms with van der Waals surface area (Å²) in [4.78, 5) is 25.6. The van der Waals surface area contributed by atoms with E-state index in [1.165, 1.54) is 17.6 Å². The third kappa shape index (κ3) is 4.83. The Balaban J connectivity index is 1.79. The average molecular weight is 413 g/mol.